The molecule has 6 heteroatoms. The lowest BCUT2D eigenvalue weighted by atomic mass is 10.1. The molecule has 0 aliphatic heterocycles. The lowest BCUT2D eigenvalue weighted by molar-refractivity contribution is -0.148. The van der Waals surface area contributed by atoms with Gasteiger partial charge in [0.05, 0.1) is 6.04 Å². The fourth-order valence-corrected chi connectivity index (χ4v) is 2.98. The van der Waals surface area contributed by atoms with Gasteiger partial charge in [0.25, 0.3) is 5.91 Å². The molecule has 23 heavy (non-hydrogen) atoms. The Morgan fingerprint density at radius 3 is 2.65 bits per heavy atom. The average Bonchev–Trinajstić information content (AvgIpc) is 3.05. The van der Waals surface area contributed by atoms with E-state index in [9.17, 15) is 9.59 Å². The first-order chi connectivity index (χ1) is 11.0. The van der Waals surface area contributed by atoms with Crippen LogP contribution in [0, 0.1) is 0 Å². The highest BCUT2D eigenvalue weighted by Gasteiger charge is 2.12. The minimum atomic E-state index is -0.359. The van der Waals surface area contributed by atoms with Gasteiger partial charge in [-0.2, -0.15) is 11.3 Å². The second kappa shape index (κ2) is 8.84. The van der Waals surface area contributed by atoms with Gasteiger partial charge in [0.15, 0.2) is 6.61 Å². The summed E-state index contributed by atoms with van der Waals surface area (Å²) in [6, 6.07) is 9.54. The molecule has 0 aliphatic rings. The second-order valence-electron chi connectivity index (χ2n) is 5.13. The van der Waals surface area contributed by atoms with Crippen LogP contribution in [0.2, 0.25) is 0 Å². The van der Waals surface area contributed by atoms with Crippen LogP contribution in [-0.2, 0) is 20.7 Å². The summed E-state index contributed by atoms with van der Waals surface area (Å²) >= 11 is 4.97. The quantitative estimate of drug-likeness (QED) is 0.723. The molecule has 0 aliphatic carbocycles. The number of aryl methyl sites for hydroxylation is 1. The van der Waals surface area contributed by atoms with Crippen LogP contribution in [0.5, 0.6) is 0 Å². The molecule has 122 valence electrons. The Kier molecular flexibility index (Phi) is 6.80. The van der Waals surface area contributed by atoms with Gasteiger partial charge in [0.1, 0.15) is 0 Å². The van der Waals surface area contributed by atoms with Crippen molar-refractivity contribution in [2.24, 2.45) is 0 Å². The minimum Gasteiger partial charge on any atom is -0.456 e. The normalized spacial score (nSPS) is 11.7. The van der Waals surface area contributed by atoms with Crippen LogP contribution in [0.4, 0.5) is 0 Å². The number of carbonyl (C=O) groups excluding carboxylic acids is 2. The molecule has 1 heterocycles. The number of carbonyl (C=O) groups is 2. The molecular formula is C17H18BrNO3S. The van der Waals surface area contributed by atoms with Gasteiger partial charge >= 0.3 is 5.97 Å². The summed E-state index contributed by atoms with van der Waals surface area (Å²) in [6.07, 6.45) is 0.922. The molecule has 2 rings (SSSR count). The van der Waals surface area contributed by atoms with E-state index in [1.165, 1.54) is 0 Å². The van der Waals surface area contributed by atoms with Crippen LogP contribution in [0.1, 0.15) is 30.5 Å². The van der Waals surface area contributed by atoms with Gasteiger partial charge in [-0.3, -0.25) is 9.59 Å². The maximum atomic E-state index is 11.8. The van der Waals surface area contributed by atoms with Gasteiger partial charge < -0.3 is 10.1 Å². The molecule has 0 fully saturated rings. The van der Waals surface area contributed by atoms with Crippen molar-refractivity contribution >= 4 is 39.1 Å². The number of amides is 1. The highest BCUT2D eigenvalue weighted by molar-refractivity contribution is 9.10. The molecule has 1 N–H and O–H groups in total. The van der Waals surface area contributed by atoms with Gasteiger partial charge in [-0.25, -0.2) is 0 Å². The molecule has 1 aromatic heterocycles. The van der Waals surface area contributed by atoms with E-state index in [2.05, 4.69) is 21.2 Å². The van der Waals surface area contributed by atoms with Gasteiger partial charge in [-0.1, -0.05) is 28.1 Å². The summed E-state index contributed by atoms with van der Waals surface area (Å²) in [7, 11) is 0. The van der Waals surface area contributed by atoms with E-state index in [4.69, 9.17) is 4.74 Å². The summed E-state index contributed by atoms with van der Waals surface area (Å²) < 4.78 is 5.99. The van der Waals surface area contributed by atoms with Gasteiger partial charge in [0, 0.05) is 10.9 Å². The number of esters is 1. The van der Waals surface area contributed by atoms with Crippen LogP contribution in [-0.4, -0.2) is 18.5 Å². The average molecular weight is 396 g/mol. The Morgan fingerprint density at radius 2 is 2.00 bits per heavy atom. The maximum Gasteiger partial charge on any atom is 0.306 e. The molecule has 1 amide bonds. The summed E-state index contributed by atoms with van der Waals surface area (Å²) in [5, 5.41) is 6.78. The molecule has 0 radical (unpaired) electrons. The molecule has 0 spiro atoms. The lowest BCUT2D eigenvalue weighted by Crippen LogP contribution is -2.31. The number of thiophene rings is 1. The van der Waals surface area contributed by atoms with E-state index in [-0.39, 0.29) is 30.9 Å². The zero-order valence-corrected chi connectivity index (χ0v) is 15.2. The van der Waals surface area contributed by atoms with Crippen LogP contribution in [0.15, 0.2) is 45.6 Å². The van der Waals surface area contributed by atoms with E-state index in [0.717, 1.165) is 15.6 Å². The highest BCUT2D eigenvalue weighted by Crippen LogP contribution is 2.16. The summed E-state index contributed by atoms with van der Waals surface area (Å²) in [4.78, 5) is 23.5. The first-order valence-corrected chi connectivity index (χ1v) is 8.99. The van der Waals surface area contributed by atoms with Crippen molar-refractivity contribution in [2.45, 2.75) is 25.8 Å². The van der Waals surface area contributed by atoms with Crippen molar-refractivity contribution in [2.75, 3.05) is 6.61 Å². The molecule has 2 aromatic rings. The van der Waals surface area contributed by atoms with Crippen molar-refractivity contribution in [3.8, 4) is 0 Å². The molecule has 0 saturated carbocycles. The van der Waals surface area contributed by atoms with Crippen molar-refractivity contribution in [3.63, 3.8) is 0 Å². The SMILES string of the molecule is CC(NC(=O)COC(=O)CCc1ccsc1)c1ccc(Br)cc1. The molecule has 0 saturated heterocycles. The summed E-state index contributed by atoms with van der Waals surface area (Å²) in [5.74, 6) is -0.660. The molecule has 0 bridgehead atoms. The highest BCUT2D eigenvalue weighted by atomic mass is 79.9. The van der Waals surface area contributed by atoms with Crippen molar-refractivity contribution in [1.29, 1.82) is 0 Å². The van der Waals surface area contributed by atoms with Crippen LogP contribution in [0.25, 0.3) is 0 Å². The van der Waals surface area contributed by atoms with Crippen molar-refractivity contribution in [1.82, 2.24) is 5.32 Å². The fourth-order valence-electron chi connectivity index (χ4n) is 2.02. The first kappa shape index (κ1) is 17.7. The number of hydrogen-bond acceptors (Lipinski definition) is 4. The Bertz CT molecular complexity index is 640. The number of rotatable bonds is 7. The monoisotopic (exact) mass is 395 g/mol. The molecule has 1 unspecified atom stereocenters. The number of hydrogen-bond donors (Lipinski definition) is 1. The van der Waals surface area contributed by atoms with E-state index < -0.39 is 0 Å². The van der Waals surface area contributed by atoms with Crippen LogP contribution in [0.3, 0.4) is 0 Å². The first-order valence-electron chi connectivity index (χ1n) is 7.26. The lowest BCUT2D eigenvalue weighted by Gasteiger charge is -2.14. The number of halogens is 1. The smallest absolute Gasteiger partial charge is 0.306 e. The number of ether oxygens (including phenoxy) is 1. The van der Waals surface area contributed by atoms with Gasteiger partial charge in [0.2, 0.25) is 0 Å². The van der Waals surface area contributed by atoms with Crippen LogP contribution < -0.4 is 5.32 Å². The van der Waals surface area contributed by atoms with Crippen molar-refractivity contribution < 1.29 is 14.3 Å². The van der Waals surface area contributed by atoms with E-state index in [0.29, 0.717) is 6.42 Å². The third-order valence-electron chi connectivity index (χ3n) is 3.31. The maximum absolute atomic E-state index is 11.8. The fraction of sp³-hybridized carbons (Fsp3) is 0.294. The number of nitrogens with one attached hydrogen (secondary N) is 1. The second-order valence-corrected chi connectivity index (χ2v) is 6.83. The van der Waals surface area contributed by atoms with Crippen LogP contribution >= 0.6 is 27.3 Å². The van der Waals surface area contributed by atoms with E-state index in [1.54, 1.807) is 11.3 Å². The molecule has 1 atom stereocenters. The topological polar surface area (TPSA) is 55.4 Å². The molecule has 4 nitrogen and oxygen atoms in total. The van der Waals surface area contributed by atoms with Gasteiger partial charge in [-0.05, 0) is 53.4 Å². The zero-order chi connectivity index (χ0) is 16.7. The zero-order valence-electron chi connectivity index (χ0n) is 12.8. The predicted molar refractivity (Wildman–Crippen MR) is 94.3 cm³/mol. The summed E-state index contributed by atoms with van der Waals surface area (Å²) in [6.45, 7) is 1.64. The molecular weight excluding hydrogens is 378 g/mol. The largest absolute Gasteiger partial charge is 0.456 e. The van der Waals surface area contributed by atoms with E-state index in [1.807, 2.05) is 48.0 Å². The summed E-state index contributed by atoms with van der Waals surface area (Å²) in [5.41, 5.74) is 2.10. The predicted octanol–water partition coefficient (Wildman–Crippen LogP) is 3.86. The third kappa shape index (κ3) is 6.15. The Hall–Kier alpha value is -1.66. The Labute approximate surface area is 148 Å². The van der Waals surface area contributed by atoms with Gasteiger partial charge in [-0.15, -0.1) is 0 Å². The number of benzene rings is 1. The Morgan fingerprint density at radius 1 is 1.26 bits per heavy atom. The molecule has 1 aromatic carbocycles. The standard InChI is InChI=1S/C17H18BrNO3S/c1-12(14-3-5-15(18)6-4-14)19-16(20)10-22-17(21)7-2-13-8-9-23-11-13/h3-6,8-9,11-12H,2,7,10H2,1H3,(H,19,20). The third-order valence-corrected chi connectivity index (χ3v) is 4.57. The van der Waals surface area contributed by atoms with E-state index >= 15 is 0 Å². The minimum absolute atomic E-state index is 0.139. The van der Waals surface area contributed by atoms with Crippen molar-refractivity contribution in [3.05, 3.63) is 56.7 Å². The Balaban J connectivity index is 1.69.